The minimum absolute atomic E-state index is 0.708. The highest BCUT2D eigenvalue weighted by atomic mass is 15.4. The van der Waals surface area contributed by atoms with Gasteiger partial charge in [0.2, 0.25) is 0 Å². The van der Waals surface area contributed by atoms with Gasteiger partial charge in [-0.2, -0.15) is 0 Å². The molecular weight excluding hydrogens is 212 g/mol. The first-order valence-electron chi connectivity index (χ1n) is 6.49. The van der Waals surface area contributed by atoms with Gasteiger partial charge >= 0.3 is 0 Å². The fourth-order valence-electron chi connectivity index (χ4n) is 2.54. The molecule has 1 aliphatic rings. The highest BCUT2D eigenvalue weighted by Crippen LogP contribution is 2.29. The Labute approximate surface area is 103 Å². The third-order valence-corrected chi connectivity index (χ3v) is 3.71. The van der Waals surface area contributed by atoms with E-state index in [0.717, 1.165) is 25.6 Å². The average molecular weight is 234 g/mol. The quantitative estimate of drug-likeness (QED) is 0.624. The van der Waals surface area contributed by atoms with Crippen LogP contribution in [0.2, 0.25) is 0 Å². The van der Waals surface area contributed by atoms with Gasteiger partial charge in [-0.15, -0.1) is 5.10 Å². The van der Waals surface area contributed by atoms with E-state index in [1.165, 1.54) is 12.8 Å². The Bertz CT molecular complexity index is 356. The maximum atomic E-state index is 3.95. The van der Waals surface area contributed by atoms with E-state index in [1.807, 2.05) is 10.9 Å². The third kappa shape index (κ3) is 3.40. The summed E-state index contributed by atoms with van der Waals surface area (Å²) in [6.07, 6.45) is 8.59. The molecule has 4 nitrogen and oxygen atoms in total. The molecule has 1 aliphatic carbocycles. The van der Waals surface area contributed by atoms with Crippen LogP contribution in [0.5, 0.6) is 0 Å². The Morgan fingerprint density at radius 3 is 3.12 bits per heavy atom. The van der Waals surface area contributed by atoms with Crippen molar-refractivity contribution < 1.29 is 0 Å². The van der Waals surface area contributed by atoms with E-state index in [-0.39, 0.29) is 0 Å². The van der Waals surface area contributed by atoms with Crippen LogP contribution in [0.15, 0.2) is 24.0 Å². The van der Waals surface area contributed by atoms with Crippen LogP contribution in [0.25, 0.3) is 0 Å². The summed E-state index contributed by atoms with van der Waals surface area (Å²) >= 11 is 0. The van der Waals surface area contributed by atoms with Crippen molar-refractivity contribution in [3.8, 4) is 0 Å². The van der Waals surface area contributed by atoms with Crippen molar-refractivity contribution in [3.63, 3.8) is 0 Å². The smallest absolute Gasteiger partial charge is 0.0692 e. The molecule has 0 aromatic carbocycles. The molecular formula is C13H22N4. The van der Waals surface area contributed by atoms with Crippen molar-refractivity contribution in [2.45, 2.75) is 33.2 Å². The predicted molar refractivity (Wildman–Crippen MR) is 68.5 cm³/mol. The van der Waals surface area contributed by atoms with Gasteiger partial charge in [0.05, 0.1) is 12.7 Å². The van der Waals surface area contributed by atoms with E-state index >= 15 is 0 Å². The first-order valence-corrected chi connectivity index (χ1v) is 6.49. The summed E-state index contributed by atoms with van der Waals surface area (Å²) in [5.74, 6) is 1.51. The standard InChI is InChI=1S/C13H22N4/c1-11-4-3-5-12(2)13(11)10-14-6-8-17-9-7-15-16-17/h4,7,9,12-14H,3,5-6,8,10H2,1-2H3/t12-,13+/m0/s1. The molecule has 1 aromatic heterocycles. The minimum Gasteiger partial charge on any atom is -0.314 e. The Morgan fingerprint density at radius 2 is 2.41 bits per heavy atom. The zero-order valence-electron chi connectivity index (χ0n) is 10.8. The van der Waals surface area contributed by atoms with E-state index in [9.17, 15) is 0 Å². The van der Waals surface area contributed by atoms with Gasteiger partial charge in [0.25, 0.3) is 0 Å². The molecule has 0 fully saturated rings. The third-order valence-electron chi connectivity index (χ3n) is 3.71. The molecule has 94 valence electrons. The summed E-state index contributed by atoms with van der Waals surface area (Å²) in [6, 6.07) is 0. The van der Waals surface area contributed by atoms with Gasteiger partial charge < -0.3 is 5.32 Å². The average Bonchev–Trinajstić information content (AvgIpc) is 2.80. The molecule has 0 radical (unpaired) electrons. The van der Waals surface area contributed by atoms with Gasteiger partial charge in [-0.05, 0) is 31.6 Å². The predicted octanol–water partition coefficient (Wildman–Crippen LogP) is 1.86. The number of nitrogens with zero attached hydrogens (tertiary/aromatic N) is 3. The summed E-state index contributed by atoms with van der Waals surface area (Å²) in [5.41, 5.74) is 1.55. The minimum atomic E-state index is 0.708. The largest absolute Gasteiger partial charge is 0.314 e. The van der Waals surface area contributed by atoms with Crippen LogP contribution in [-0.4, -0.2) is 28.1 Å². The lowest BCUT2D eigenvalue weighted by Crippen LogP contribution is -2.31. The van der Waals surface area contributed by atoms with Crippen molar-refractivity contribution in [1.82, 2.24) is 20.3 Å². The lowest BCUT2D eigenvalue weighted by molar-refractivity contribution is 0.347. The second kappa shape index (κ2) is 5.96. The number of nitrogens with one attached hydrogen (secondary N) is 1. The first-order chi connectivity index (χ1) is 8.27. The molecule has 0 saturated carbocycles. The van der Waals surface area contributed by atoms with Crippen LogP contribution in [0.4, 0.5) is 0 Å². The zero-order valence-corrected chi connectivity index (χ0v) is 10.8. The van der Waals surface area contributed by atoms with Crippen molar-refractivity contribution in [2.24, 2.45) is 11.8 Å². The zero-order chi connectivity index (χ0) is 12.1. The fourth-order valence-corrected chi connectivity index (χ4v) is 2.54. The van der Waals surface area contributed by atoms with Crippen molar-refractivity contribution in [3.05, 3.63) is 24.0 Å². The molecule has 0 saturated heterocycles. The summed E-state index contributed by atoms with van der Waals surface area (Å²) in [7, 11) is 0. The molecule has 1 aromatic rings. The Morgan fingerprint density at radius 1 is 1.53 bits per heavy atom. The second-order valence-electron chi connectivity index (χ2n) is 4.98. The second-order valence-corrected chi connectivity index (χ2v) is 4.98. The first kappa shape index (κ1) is 12.3. The van der Waals surface area contributed by atoms with Crippen molar-refractivity contribution >= 4 is 0 Å². The van der Waals surface area contributed by atoms with Crippen LogP contribution in [0, 0.1) is 11.8 Å². The van der Waals surface area contributed by atoms with E-state index in [2.05, 4.69) is 35.6 Å². The Hall–Kier alpha value is -1.16. The van der Waals surface area contributed by atoms with Crippen LogP contribution < -0.4 is 5.32 Å². The SMILES string of the molecule is CC1=CCC[C@H](C)[C@@H]1CNCCn1ccnn1. The van der Waals surface area contributed by atoms with Gasteiger partial charge in [-0.25, -0.2) is 0 Å². The van der Waals surface area contributed by atoms with Gasteiger partial charge in [-0.1, -0.05) is 23.8 Å². The van der Waals surface area contributed by atoms with Crippen LogP contribution in [0.3, 0.4) is 0 Å². The molecule has 2 atom stereocenters. The molecule has 0 unspecified atom stereocenters. The molecule has 0 aliphatic heterocycles. The molecule has 0 spiro atoms. The highest BCUT2D eigenvalue weighted by Gasteiger charge is 2.21. The van der Waals surface area contributed by atoms with Crippen LogP contribution in [-0.2, 0) is 6.54 Å². The van der Waals surface area contributed by atoms with Crippen LogP contribution >= 0.6 is 0 Å². The number of aromatic nitrogens is 3. The monoisotopic (exact) mass is 234 g/mol. The summed E-state index contributed by atoms with van der Waals surface area (Å²) in [6.45, 7) is 7.56. The lowest BCUT2D eigenvalue weighted by Gasteiger charge is -2.29. The Balaban J connectivity index is 1.71. The number of hydrogen-bond acceptors (Lipinski definition) is 3. The maximum Gasteiger partial charge on any atom is 0.0692 e. The molecule has 17 heavy (non-hydrogen) atoms. The lowest BCUT2D eigenvalue weighted by atomic mass is 9.80. The molecule has 0 bridgehead atoms. The van der Waals surface area contributed by atoms with Gasteiger partial charge in [0.15, 0.2) is 0 Å². The number of hydrogen-bond donors (Lipinski definition) is 1. The van der Waals surface area contributed by atoms with E-state index in [4.69, 9.17) is 0 Å². The van der Waals surface area contributed by atoms with Crippen molar-refractivity contribution in [1.29, 1.82) is 0 Å². The molecule has 0 amide bonds. The van der Waals surface area contributed by atoms with Gasteiger partial charge in [0, 0.05) is 19.3 Å². The van der Waals surface area contributed by atoms with Gasteiger partial charge in [-0.3, -0.25) is 4.68 Å². The molecule has 1 N–H and O–H groups in total. The number of allylic oxidation sites excluding steroid dienone is 1. The van der Waals surface area contributed by atoms with E-state index < -0.39 is 0 Å². The Kier molecular flexibility index (Phi) is 4.31. The molecule has 2 rings (SSSR count). The van der Waals surface area contributed by atoms with E-state index in [0.29, 0.717) is 5.92 Å². The van der Waals surface area contributed by atoms with E-state index in [1.54, 1.807) is 11.8 Å². The molecule has 1 heterocycles. The van der Waals surface area contributed by atoms with Crippen LogP contribution in [0.1, 0.15) is 26.7 Å². The maximum absolute atomic E-state index is 3.95. The van der Waals surface area contributed by atoms with Gasteiger partial charge in [0.1, 0.15) is 0 Å². The van der Waals surface area contributed by atoms with Crippen molar-refractivity contribution in [2.75, 3.05) is 13.1 Å². The summed E-state index contributed by atoms with van der Waals surface area (Å²) in [5, 5.41) is 11.3. The fraction of sp³-hybridized carbons (Fsp3) is 0.692. The topological polar surface area (TPSA) is 42.7 Å². The molecule has 4 heteroatoms. The number of rotatable bonds is 5. The normalized spacial score (nSPS) is 24.7. The summed E-state index contributed by atoms with van der Waals surface area (Å²) in [4.78, 5) is 0. The summed E-state index contributed by atoms with van der Waals surface area (Å²) < 4.78 is 1.86. The highest BCUT2D eigenvalue weighted by molar-refractivity contribution is 5.09.